The Morgan fingerprint density at radius 2 is 0.354 bits per heavy atom. The standard InChI is InChI=1S/C42H24I6/c43-37-16-34(17-38(44)22-37)28-7-1-4-25(10-28)31-13-32(26-5-2-8-29(11-26)35-18-39(45)23-40(46)19-35)15-33(14-31)27-6-3-9-30(12-27)36-20-41(47)24-42(48)21-36/h1-24H. The van der Waals surface area contributed by atoms with E-state index in [2.05, 4.69) is 281 Å². The monoisotopic (exact) mass is 1290 g/mol. The highest BCUT2D eigenvalue weighted by molar-refractivity contribution is 14.1. The second-order valence-electron chi connectivity index (χ2n) is 11.5. The van der Waals surface area contributed by atoms with Gasteiger partial charge in [-0.2, -0.15) is 0 Å². The van der Waals surface area contributed by atoms with Crippen LogP contribution >= 0.6 is 136 Å². The Labute approximate surface area is 363 Å². The maximum absolute atomic E-state index is 2.41. The molecule has 0 amide bonds. The first-order valence-corrected chi connectivity index (χ1v) is 21.5. The minimum absolute atomic E-state index is 1.20. The molecule has 0 saturated heterocycles. The van der Waals surface area contributed by atoms with E-state index in [1.54, 1.807) is 0 Å². The van der Waals surface area contributed by atoms with E-state index >= 15 is 0 Å². The van der Waals surface area contributed by atoms with Crippen molar-refractivity contribution in [3.05, 3.63) is 167 Å². The summed E-state index contributed by atoms with van der Waals surface area (Å²) in [4.78, 5) is 0. The van der Waals surface area contributed by atoms with Crippen molar-refractivity contribution in [2.24, 2.45) is 0 Å². The highest BCUT2D eigenvalue weighted by atomic mass is 127. The number of benzene rings is 7. The summed E-state index contributed by atoms with van der Waals surface area (Å²) in [6.45, 7) is 0. The van der Waals surface area contributed by atoms with Gasteiger partial charge in [-0.3, -0.25) is 0 Å². The Balaban J connectivity index is 1.39. The molecule has 7 rings (SSSR count). The molecule has 0 nitrogen and oxygen atoms in total. The predicted molar refractivity (Wildman–Crippen MR) is 255 cm³/mol. The van der Waals surface area contributed by atoms with Crippen molar-refractivity contribution in [1.82, 2.24) is 0 Å². The first-order valence-electron chi connectivity index (χ1n) is 15.0. The van der Waals surface area contributed by atoms with E-state index in [0.29, 0.717) is 0 Å². The molecular formula is C42H24I6. The van der Waals surface area contributed by atoms with Crippen molar-refractivity contribution in [1.29, 1.82) is 0 Å². The van der Waals surface area contributed by atoms with Crippen LogP contribution in [0.4, 0.5) is 0 Å². The van der Waals surface area contributed by atoms with Crippen LogP contribution in [0.2, 0.25) is 0 Å². The fourth-order valence-electron chi connectivity index (χ4n) is 5.92. The molecule has 7 aromatic carbocycles. The third kappa shape index (κ3) is 8.51. The molecule has 0 unspecified atom stereocenters. The molecule has 0 aliphatic rings. The number of hydrogen-bond donors (Lipinski definition) is 0. The van der Waals surface area contributed by atoms with Gasteiger partial charge in [0.2, 0.25) is 0 Å². The summed E-state index contributed by atoms with van der Waals surface area (Å²) >= 11 is 14.5. The second-order valence-corrected chi connectivity index (χ2v) is 19.0. The Morgan fingerprint density at radius 1 is 0.188 bits per heavy atom. The van der Waals surface area contributed by atoms with Gasteiger partial charge in [-0.15, -0.1) is 0 Å². The second kappa shape index (κ2) is 15.7. The maximum Gasteiger partial charge on any atom is 0.0147 e. The van der Waals surface area contributed by atoms with Crippen LogP contribution in [0, 0.1) is 21.4 Å². The lowest BCUT2D eigenvalue weighted by atomic mass is 9.90. The topological polar surface area (TPSA) is 0 Å². The summed E-state index contributed by atoms with van der Waals surface area (Å²) in [7, 11) is 0. The van der Waals surface area contributed by atoms with E-state index in [0.717, 1.165) is 0 Å². The number of halogens is 6. The molecular weight excluding hydrogens is 1270 g/mol. The predicted octanol–water partition coefficient (Wildman–Crippen LogP) is 15.3. The van der Waals surface area contributed by atoms with Gasteiger partial charge in [-0.25, -0.2) is 0 Å². The molecule has 0 heterocycles. The van der Waals surface area contributed by atoms with E-state index in [9.17, 15) is 0 Å². The molecule has 48 heavy (non-hydrogen) atoms. The zero-order valence-electron chi connectivity index (χ0n) is 25.1. The summed E-state index contributed by atoms with van der Waals surface area (Å²) in [6.07, 6.45) is 0. The summed E-state index contributed by atoms with van der Waals surface area (Å²) in [5.74, 6) is 0. The van der Waals surface area contributed by atoms with Gasteiger partial charge in [0, 0.05) is 21.4 Å². The van der Waals surface area contributed by atoms with Crippen molar-refractivity contribution >= 4 is 136 Å². The van der Waals surface area contributed by atoms with E-state index in [-0.39, 0.29) is 0 Å². The first-order chi connectivity index (χ1) is 23.2. The average Bonchev–Trinajstić information content (AvgIpc) is 3.07. The van der Waals surface area contributed by atoms with Crippen LogP contribution in [-0.4, -0.2) is 0 Å². The largest absolute Gasteiger partial charge is 0.0610 e. The van der Waals surface area contributed by atoms with Crippen molar-refractivity contribution < 1.29 is 0 Å². The van der Waals surface area contributed by atoms with Gasteiger partial charge in [-0.1, -0.05) is 54.6 Å². The molecule has 0 aliphatic carbocycles. The lowest BCUT2D eigenvalue weighted by molar-refractivity contribution is 1.52. The molecule has 0 saturated carbocycles. The van der Waals surface area contributed by atoms with Gasteiger partial charge in [0.05, 0.1) is 0 Å². The molecule has 234 valence electrons. The fourth-order valence-corrected chi connectivity index (χ4v) is 11.7. The Bertz CT molecular complexity index is 1990. The fraction of sp³-hybridized carbons (Fsp3) is 0. The SMILES string of the molecule is Ic1cc(I)cc(-c2cccc(-c3cc(-c4cccc(-c5cc(I)cc(I)c5)c4)cc(-c4cccc(-c5cc(I)cc(I)c5)c4)c3)c2)c1. The Morgan fingerprint density at radius 3 is 0.562 bits per heavy atom. The molecule has 0 fully saturated rings. The molecule has 0 aromatic heterocycles. The van der Waals surface area contributed by atoms with Crippen molar-refractivity contribution in [3.8, 4) is 66.8 Å². The zero-order chi connectivity index (χ0) is 33.4. The van der Waals surface area contributed by atoms with Crippen LogP contribution in [0.25, 0.3) is 66.8 Å². The van der Waals surface area contributed by atoms with Crippen molar-refractivity contribution in [3.63, 3.8) is 0 Å². The number of hydrogen-bond acceptors (Lipinski definition) is 0. The van der Waals surface area contributed by atoms with Crippen LogP contribution in [0.5, 0.6) is 0 Å². The summed E-state index contributed by atoms with van der Waals surface area (Å²) in [5, 5.41) is 0. The third-order valence-corrected chi connectivity index (χ3v) is 11.8. The average molecular weight is 1290 g/mol. The summed E-state index contributed by atoms with van der Waals surface area (Å²) < 4.78 is 7.47. The first kappa shape index (κ1) is 35.3. The Kier molecular flexibility index (Phi) is 11.5. The molecule has 7 aromatic rings. The molecule has 6 heteroatoms. The molecule has 0 radical (unpaired) electrons. The van der Waals surface area contributed by atoms with Gasteiger partial charge in [0.25, 0.3) is 0 Å². The van der Waals surface area contributed by atoms with Crippen molar-refractivity contribution in [2.75, 3.05) is 0 Å². The lowest BCUT2D eigenvalue weighted by Gasteiger charge is -2.14. The maximum atomic E-state index is 2.41. The van der Waals surface area contributed by atoms with Crippen molar-refractivity contribution in [2.45, 2.75) is 0 Å². The van der Waals surface area contributed by atoms with E-state index in [1.807, 2.05) is 0 Å². The minimum Gasteiger partial charge on any atom is -0.0610 e. The van der Waals surface area contributed by atoms with E-state index in [1.165, 1.54) is 88.2 Å². The summed E-state index contributed by atoms with van der Waals surface area (Å²) in [5.41, 5.74) is 14.6. The molecule has 0 spiro atoms. The van der Waals surface area contributed by atoms with Gasteiger partial charge >= 0.3 is 0 Å². The van der Waals surface area contributed by atoms with Gasteiger partial charge in [0.1, 0.15) is 0 Å². The molecule has 0 aliphatic heterocycles. The molecule has 0 atom stereocenters. The third-order valence-electron chi connectivity index (χ3n) is 8.11. The van der Waals surface area contributed by atoms with Crippen LogP contribution < -0.4 is 0 Å². The molecule has 0 bridgehead atoms. The number of rotatable bonds is 6. The van der Waals surface area contributed by atoms with E-state index < -0.39 is 0 Å². The lowest BCUT2D eigenvalue weighted by Crippen LogP contribution is -1.89. The van der Waals surface area contributed by atoms with Crippen LogP contribution in [0.3, 0.4) is 0 Å². The molecule has 0 N–H and O–H groups in total. The Hall–Kier alpha value is -1.08. The van der Waals surface area contributed by atoms with Crippen LogP contribution in [-0.2, 0) is 0 Å². The highest BCUT2D eigenvalue weighted by Gasteiger charge is 2.12. The van der Waals surface area contributed by atoms with Gasteiger partial charge in [0.15, 0.2) is 0 Å². The zero-order valence-corrected chi connectivity index (χ0v) is 38.1. The smallest absolute Gasteiger partial charge is 0.0147 e. The normalized spacial score (nSPS) is 11.1. The van der Waals surface area contributed by atoms with Crippen LogP contribution in [0.1, 0.15) is 0 Å². The van der Waals surface area contributed by atoms with E-state index in [4.69, 9.17) is 0 Å². The van der Waals surface area contributed by atoms with Crippen LogP contribution in [0.15, 0.2) is 146 Å². The minimum atomic E-state index is 1.20. The highest BCUT2D eigenvalue weighted by Crippen LogP contribution is 2.38. The quantitative estimate of drug-likeness (QED) is 0.146. The summed E-state index contributed by atoms with van der Waals surface area (Å²) in [6, 6.07) is 54.2. The van der Waals surface area contributed by atoms with Gasteiger partial charge < -0.3 is 0 Å². The van der Waals surface area contributed by atoms with Gasteiger partial charge in [-0.05, 0) is 293 Å².